The number of carbonyl (C=O) groups is 2. The largest absolute Gasteiger partial charge is 0.351 e. The summed E-state index contributed by atoms with van der Waals surface area (Å²) < 4.78 is 0. The molecule has 0 bridgehead atoms. The van der Waals surface area contributed by atoms with Crippen LogP contribution in [0.3, 0.4) is 0 Å². The molecule has 0 saturated heterocycles. The van der Waals surface area contributed by atoms with E-state index in [4.69, 9.17) is 0 Å². The van der Waals surface area contributed by atoms with Gasteiger partial charge in [-0.15, -0.1) is 22.7 Å². The van der Waals surface area contributed by atoms with Crippen LogP contribution in [0, 0.1) is 10.1 Å². The number of carbonyl (C=O) groups excluding carboxylic acids is 2. The Morgan fingerprint density at radius 2 is 1.93 bits per heavy atom. The van der Waals surface area contributed by atoms with Crippen molar-refractivity contribution in [2.75, 3.05) is 5.32 Å². The zero-order valence-corrected chi connectivity index (χ0v) is 15.7. The quantitative estimate of drug-likeness (QED) is 0.482. The van der Waals surface area contributed by atoms with Crippen LogP contribution in [0.2, 0.25) is 0 Å². The monoisotopic (exact) mass is 402 g/mol. The maximum atomic E-state index is 12.2. The number of aromatic nitrogens is 1. The molecule has 2 amide bonds. The van der Waals surface area contributed by atoms with Crippen molar-refractivity contribution in [3.63, 3.8) is 0 Å². The summed E-state index contributed by atoms with van der Waals surface area (Å²) in [6, 6.07) is 9.20. The van der Waals surface area contributed by atoms with Gasteiger partial charge in [0.1, 0.15) is 0 Å². The summed E-state index contributed by atoms with van der Waals surface area (Å²) in [5.74, 6) is -0.474. The number of rotatable bonds is 6. The fourth-order valence-corrected chi connectivity index (χ4v) is 3.86. The first-order valence-electron chi connectivity index (χ1n) is 7.77. The predicted molar refractivity (Wildman–Crippen MR) is 104 cm³/mol. The number of nitro groups is 1. The van der Waals surface area contributed by atoms with Crippen molar-refractivity contribution < 1.29 is 14.5 Å². The van der Waals surface area contributed by atoms with Crippen molar-refractivity contribution in [3.05, 3.63) is 62.3 Å². The number of nitrogens with one attached hydrogen (secondary N) is 2. The molecule has 8 nitrogen and oxygen atoms in total. The molecule has 27 heavy (non-hydrogen) atoms. The average Bonchev–Trinajstić information content (AvgIpc) is 3.29. The van der Waals surface area contributed by atoms with Gasteiger partial charge in [0.05, 0.1) is 22.0 Å². The Morgan fingerprint density at radius 3 is 2.59 bits per heavy atom. The predicted octanol–water partition coefficient (Wildman–Crippen LogP) is 3.67. The minimum absolute atomic E-state index is 0.0733. The lowest BCUT2D eigenvalue weighted by molar-refractivity contribution is -0.384. The molecule has 3 aromatic rings. The van der Waals surface area contributed by atoms with Crippen LogP contribution in [0.1, 0.15) is 22.2 Å². The van der Waals surface area contributed by atoms with Crippen molar-refractivity contribution in [1.82, 2.24) is 10.3 Å². The molecule has 3 rings (SSSR count). The van der Waals surface area contributed by atoms with Gasteiger partial charge in [0.15, 0.2) is 5.13 Å². The minimum Gasteiger partial charge on any atom is -0.351 e. The third kappa shape index (κ3) is 4.74. The molecule has 0 aliphatic rings. The van der Waals surface area contributed by atoms with Crippen molar-refractivity contribution in [2.45, 2.75) is 13.5 Å². The zero-order chi connectivity index (χ0) is 19.4. The van der Waals surface area contributed by atoms with E-state index in [1.54, 1.807) is 0 Å². The molecule has 0 atom stereocenters. The topological polar surface area (TPSA) is 114 Å². The number of nitro benzene ring substituents is 1. The fraction of sp³-hybridized carbons (Fsp3) is 0.118. The summed E-state index contributed by atoms with van der Waals surface area (Å²) in [5, 5.41) is 18.4. The smallest absolute Gasteiger partial charge is 0.269 e. The molecule has 2 N–H and O–H groups in total. The van der Waals surface area contributed by atoms with Crippen LogP contribution in [0.4, 0.5) is 10.8 Å². The molecule has 10 heteroatoms. The van der Waals surface area contributed by atoms with Gasteiger partial charge in [0.25, 0.3) is 11.6 Å². The maximum absolute atomic E-state index is 12.2. The van der Waals surface area contributed by atoms with Crippen LogP contribution in [-0.4, -0.2) is 21.7 Å². The van der Waals surface area contributed by atoms with Crippen molar-refractivity contribution >= 4 is 45.3 Å². The third-order valence-corrected chi connectivity index (χ3v) is 5.36. The highest BCUT2D eigenvalue weighted by Crippen LogP contribution is 2.31. The van der Waals surface area contributed by atoms with Gasteiger partial charge in [0.2, 0.25) is 5.91 Å². The molecule has 0 aliphatic heterocycles. The van der Waals surface area contributed by atoms with E-state index < -0.39 is 4.92 Å². The fourth-order valence-electron chi connectivity index (χ4n) is 2.17. The summed E-state index contributed by atoms with van der Waals surface area (Å²) >= 11 is 2.80. The molecule has 0 saturated carbocycles. The standard InChI is InChI=1S/C17H14N4O4S2/c1-10(22)18-8-13-6-7-15(27-13)14-9-26-17(19-14)20-16(23)11-2-4-12(5-3-11)21(24)25/h2-7,9H,8H2,1H3,(H,18,22)(H,19,20,23). The Balaban J connectivity index is 1.66. The van der Waals surface area contributed by atoms with Crippen LogP contribution in [0.5, 0.6) is 0 Å². The van der Waals surface area contributed by atoms with Gasteiger partial charge in [-0.05, 0) is 24.3 Å². The lowest BCUT2D eigenvalue weighted by Gasteiger charge is -2.01. The summed E-state index contributed by atoms with van der Waals surface area (Å²) in [6.45, 7) is 1.93. The normalized spacial score (nSPS) is 10.4. The molecule has 0 aliphatic carbocycles. The van der Waals surface area contributed by atoms with Crippen molar-refractivity contribution in [1.29, 1.82) is 0 Å². The number of benzene rings is 1. The number of hydrogen-bond donors (Lipinski definition) is 2. The molecule has 0 spiro atoms. The highest BCUT2D eigenvalue weighted by atomic mass is 32.1. The molecular formula is C17H14N4O4S2. The Labute approximate surface area is 162 Å². The summed E-state index contributed by atoms with van der Waals surface area (Å²) in [4.78, 5) is 39.7. The Kier molecular flexibility index (Phi) is 5.57. The highest BCUT2D eigenvalue weighted by molar-refractivity contribution is 7.17. The summed E-state index contributed by atoms with van der Waals surface area (Å²) in [7, 11) is 0. The van der Waals surface area contributed by atoms with E-state index >= 15 is 0 Å². The number of thiophene rings is 1. The number of nitrogens with zero attached hydrogens (tertiary/aromatic N) is 2. The van der Waals surface area contributed by atoms with Crippen LogP contribution >= 0.6 is 22.7 Å². The summed E-state index contributed by atoms with van der Waals surface area (Å²) in [5.41, 5.74) is 0.972. The first kappa shape index (κ1) is 18.7. The van der Waals surface area contributed by atoms with Gasteiger partial charge in [-0.25, -0.2) is 4.98 Å². The van der Waals surface area contributed by atoms with Crippen molar-refractivity contribution in [3.8, 4) is 10.6 Å². The van der Waals surface area contributed by atoms with E-state index in [9.17, 15) is 19.7 Å². The SMILES string of the molecule is CC(=O)NCc1ccc(-c2csc(NC(=O)c3ccc([N+](=O)[O-])cc3)n2)s1. The van der Waals surface area contributed by atoms with E-state index in [0.717, 1.165) is 15.4 Å². The van der Waals surface area contributed by atoms with Crippen LogP contribution in [0.15, 0.2) is 41.8 Å². The molecule has 0 unspecified atom stereocenters. The molecule has 138 valence electrons. The lowest BCUT2D eigenvalue weighted by atomic mass is 10.2. The Morgan fingerprint density at radius 1 is 1.19 bits per heavy atom. The third-order valence-electron chi connectivity index (χ3n) is 3.49. The van der Waals surface area contributed by atoms with Crippen LogP contribution in [-0.2, 0) is 11.3 Å². The van der Waals surface area contributed by atoms with Gasteiger partial charge in [-0.2, -0.15) is 0 Å². The van der Waals surface area contributed by atoms with E-state index in [1.165, 1.54) is 53.9 Å². The molecule has 0 radical (unpaired) electrons. The molecule has 1 aromatic carbocycles. The second-order valence-electron chi connectivity index (χ2n) is 5.47. The van der Waals surface area contributed by atoms with Crippen molar-refractivity contribution in [2.24, 2.45) is 0 Å². The molecule has 0 fully saturated rings. The Bertz CT molecular complexity index is 995. The molecule has 2 aromatic heterocycles. The second-order valence-corrected chi connectivity index (χ2v) is 7.50. The maximum Gasteiger partial charge on any atom is 0.269 e. The van der Waals surface area contributed by atoms with Crippen LogP contribution < -0.4 is 10.6 Å². The minimum atomic E-state index is -0.518. The summed E-state index contributed by atoms with van der Waals surface area (Å²) in [6.07, 6.45) is 0. The number of non-ortho nitro benzene ring substituents is 1. The first-order chi connectivity index (χ1) is 12.9. The van der Waals surface area contributed by atoms with Gasteiger partial charge >= 0.3 is 0 Å². The number of thiazole rings is 1. The molecule has 2 heterocycles. The van der Waals surface area contributed by atoms with Gasteiger partial charge < -0.3 is 5.32 Å². The first-order valence-corrected chi connectivity index (χ1v) is 9.47. The highest BCUT2D eigenvalue weighted by Gasteiger charge is 2.13. The van der Waals surface area contributed by atoms with Gasteiger partial charge in [0, 0.05) is 34.9 Å². The molecular weight excluding hydrogens is 388 g/mol. The number of anilines is 1. The second kappa shape index (κ2) is 8.06. The number of hydrogen-bond acceptors (Lipinski definition) is 7. The van der Waals surface area contributed by atoms with E-state index in [2.05, 4.69) is 15.6 Å². The lowest BCUT2D eigenvalue weighted by Crippen LogP contribution is -2.17. The van der Waals surface area contributed by atoms with Gasteiger partial charge in [-0.3, -0.25) is 25.0 Å². The Hall–Kier alpha value is -3.11. The van der Waals surface area contributed by atoms with E-state index in [-0.39, 0.29) is 17.5 Å². The number of amides is 2. The van der Waals surface area contributed by atoms with E-state index in [1.807, 2.05) is 17.5 Å². The van der Waals surface area contributed by atoms with Crippen LogP contribution in [0.25, 0.3) is 10.6 Å². The zero-order valence-electron chi connectivity index (χ0n) is 14.1. The van der Waals surface area contributed by atoms with E-state index in [0.29, 0.717) is 17.2 Å². The average molecular weight is 402 g/mol. The van der Waals surface area contributed by atoms with Gasteiger partial charge in [-0.1, -0.05) is 0 Å².